The van der Waals surface area contributed by atoms with Crippen LogP contribution >= 0.6 is 11.6 Å². The predicted molar refractivity (Wildman–Crippen MR) is 159 cm³/mol. The Morgan fingerprint density at radius 3 is 2.17 bits per heavy atom. The van der Waals surface area contributed by atoms with Crippen molar-refractivity contribution in [1.29, 1.82) is 0 Å². The smallest absolute Gasteiger partial charge is 0.281 e. The van der Waals surface area contributed by atoms with E-state index in [0.717, 1.165) is 11.1 Å². The van der Waals surface area contributed by atoms with Crippen LogP contribution in [0.3, 0.4) is 0 Å². The Labute approximate surface area is 239 Å². The SMILES string of the molecule is C=CCc1cc(/C=N\NC(=O)C(O)(c2ccccc2)c2ccccc2)cc(OCC)c1OCc1ccc(Cl)cc1. The lowest BCUT2D eigenvalue weighted by Crippen LogP contribution is -2.43. The van der Waals surface area contributed by atoms with Gasteiger partial charge in [0.25, 0.3) is 5.91 Å². The van der Waals surface area contributed by atoms with Gasteiger partial charge in [-0.15, -0.1) is 6.58 Å². The molecule has 40 heavy (non-hydrogen) atoms. The highest BCUT2D eigenvalue weighted by atomic mass is 35.5. The standard InChI is InChI=1S/C33H31ClN2O4/c1-3-11-26-20-25(21-30(39-4-2)31(26)40-23-24-16-18-29(34)19-17-24)22-35-36-32(37)33(38,27-12-7-5-8-13-27)28-14-9-6-10-15-28/h3,5-10,12-22,38H,1,4,11,23H2,2H3,(H,36,37)/b35-22-. The number of hydrogen-bond acceptors (Lipinski definition) is 5. The lowest BCUT2D eigenvalue weighted by atomic mass is 9.85. The highest BCUT2D eigenvalue weighted by molar-refractivity contribution is 6.30. The molecule has 0 aliphatic heterocycles. The zero-order valence-electron chi connectivity index (χ0n) is 22.2. The predicted octanol–water partition coefficient (Wildman–Crippen LogP) is 6.43. The third-order valence-electron chi connectivity index (χ3n) is 6.21. The molecular weight excluding hydrogens is 524 g/mol. The second-order valence-electron chi connectivity index (χ2n) is 8.99. The summed E-state index contributed by atoms with van der Waals surface area (Å²) in [7, 11) is 0. The minimum absolute atomic E-state index is 0.336. The molecule has 0 aromatic heterocycles. The molecule has 0 bridgehead atoms. The molecule has 4 aromatic rings. The molecule has 0 aliphatic rings. The lowest BCUT2D eigenvalue weighted by Gasteiger charge is -2.27. The minimum Gasteiger partial charge on any atom is -0.490 e. The van der Waals surface area contributed by atoms with Gasteiger partial charge >= 0.3 is 0 Å². The van der Waals surface area contributed by atoms with Crippen molar-refractivity contribution in [3.8, 4) is 11.5 Å². The van der Waals surface area contributed by atoms with E-state index in [0.29, 0.717) is 52.8 Å². The molecule has 1 amide bonds. The maximum Gasteiger partial charge on any atom is 0.281 e. The Morgan fingerprint density at radius 2 is 1.60 bits per heavy atom. The molecule has 0 fully saturated rings. The molecule has 0 radical (unpaired) electrons. The van der Waals surface area contributed by atoms with Crippen molar-refractivity contribution in [2.45, 2.75) is 25.6 Å². The highest BCUT2D eigenvalue weighted by Crippen LogP contribution is 2.34. The first kappa shape index (κ1) is 28.6. The average molecular weight is 555 g/mol. The lowest BCUT2D eigenvalue weighted by molar-refractivity contribution is -0.136. The molecule has 0 aliphatic carbocycles. The van der Waals surface area contributed by atoms with E-state index in [1.807, 2.05) is 49.4 Å². The number of aliphatic hydroxyl groups is 1. The maximum atomic E-state index is 13.3. The number of hydrogen-bond donors (Lipinski definition) is 2. The fourth-order valence-electron chi connectivity index (χ4n) is 4.26. The van der Waals surface area contributed by atoms with Crippen LogP contribution in [0.5, 0.6) is 11.5 Å². The quantitative estimate of drug-likeness (QED) is 0.120. The number of carbonyl (C=O) groups excluding carboxylic acids is 1. The van der Waals surface area contributed by atoms with Gasteiger partial charge in [-0.25, -0.2) is 5.43 Å². The van der Waals surface area contributed by atoms with Gasteiger partial charge in [0.2, 0.25) is 0 Å². The normalized spacial score (nSPS) is 11.3. The molecule has 7 heteroatoms. The van der Waals surface area contributed by atoms with Crippen molar-refractivity contribution >= 4 is 23.7 Å². The fourth-order valence-corrected chi connectivity index (χ4v) is 4.39. The summed E-state index contributed by atoms with van der Waals surface area (Å²) >= 11 is 6.00. The second kappa shape index (κ2) is 13.6. The Morgan fingerprint density at radius 1 is 0.975 bits per heavy atom. The van der Waals surface area contributed by atoms with Gasteiger partial charge in [-0.1, -0.05) is 90.5 Å². The van der Waals surface area contributed by atoms with Crippen LogP contribution in [0.15, 0.2) is 115 Å². The van der Waals surface area contributed by atoms with Crippen molar-refractivity contribution in [2.75, 3.05) is 6.61 Å². The topological polar surface area (TPSA) is 80.2 Å². The molecule has 2 N–H and O–H groups in total. The second-order valence-corrected chi connectivity index (χ2v) is 9.43. The number of carbonyl (C=O) groups is 1. The number of hydrazone groups is 1. The Hall–Kier alpha value is -4.39. The molecule has 4 aromatic carbocycles. The summed E-state index contributed by atoms with van der Waals surface area (Å²) in [5.41, 5.74) is 3.96. The van der Waals surface area contributed by atoms with E-state index in [9.17, 15) is 9.90 Å². The van der Waals surface area contributed by atoms with Crippen molar-refractivity contribution in [2.24, 2.45) is 5.10 Å². The van der Waals surface area contributed by atoms with Gasteiger partial charge in [-0.05, 0) is 59.9 Å². The Kier molecular flexibility index (Phi) is 9.73. The van der Waals surface area contributed by atoms with Crippen LogP contribution in [0.25, 0.3) is 0 Å². The van der Waals surface area contributed by atoms with Gasteiger partial charge in [0.05, 0.1) is 12.8 Å². The molecule has 0 atom stereocenters. The molecule has 0 heterocycles. The summed E-state index contributed by atoms with van der Waals surface area (Å²) in [4.78, 5) is 13.3. The fraction of sp³-hybridized carbons (Fsp3) is 0.152. The molecule has 4 rings (SSSR count). The number of rotatable bonds is 12. The van der Waals surface area contributed by atoms with Gasteiger partial charge in [0, 0.05) is 10.6 Å². The van der Waals surface area contributed by atoms with E-state index in [4.69, 9.17) is 21.1 Å². The van der Waals surface area contributed by atoms with Gasteiger partial charge in [0.15, 0.2) is 17.1 Å². The van der Waals surface area contributed by atoms with Crippen molar-refractivity contribution in [3.63, 3.8) is 0 Å². The molecule has 204 valence electrons. The van der Waals surface area contributed by atoms with E-state index >= 15 is 0 Å². The van der Waals surface area contributed by atoms with Crippen LogP contribution in [0, 0.1) is 0 Å². The van der Waals surface area contributed by atoms with Crippen LogP contribution in [0.2, 0.25) is 5.02 Å². The first-order chi connectivity index (χ1) is 19.5. The largest absolute Gasteiger partial charge is 0.490 e. The van der Waals surface area contributed by atoms with Crippen molar-refractivity contribution in [1.82, 2.24) is 5.43 Å². The number of amides is 1. The monoisotopic (exact) mass is 554 g/mol. The zero-order valence-corrected chi connectivity index (χ0v) is 23.0. The number of allylic oxidation sites excluding steroid dienone is 1. The summed E-state index contributed by atoms with van der Waals surface area (Å²) in [5, 5.41) is 16.4. The number of halogens is 1. The number of ether oxygens (including phenoxy) is 2. The van der Waals surface area contributed by atoms with Crippen LogP contribution in [0.4, 0.5) is 0 Å². The third kappa shape index (κ3) is 6.78. The van der Waals surface area contributed by atoms with Crippen LogP contribution in [0.1, 0.15) is 34.7 Å². The van der Waals surface area contributed by atoms with E-state index in [1.165, 1.54) is 6.21 Å². The summed E-state index contributed by atoms with van der Waals surface area (Å²) in [6.07, 6.45) is 3.82. The third-order valence-corrected chi connectivity index (χ3v) is 6.46. The van der Waals surface area contributed by atoms with E-state index in [2.05, 4.69) is 17.1 Å². The number of benzene rings is 4. The first-order valence-corrected chi connectivity index (χ1v) is 13.3. The van der Waals surface area contributed by atoms with E-state index in [-0.39, 0.29) is 0 Å². The highest BCUT2D eigenvalue weighted by Gasteiger charge is 2.39. The minimum atomic E-state index is -1.93. The van der Waals surface area contributed by atoms with Crippen LogP contribution in [-0.4, -0.2) is 23.8 Å². The van der Waals surface area contributed by atoms with Crippen molar-refractivity contribution < 1.29 is 19.4 Å². The van der Waals surface area contributed by atoms with Crippen molar-refractivity contribution in [3.05, 3.63) is 143 Å². The Balaban J connectivity index is 1.59. The summed E-state index contributed by atoms with van der Waals surface area (Å²) < 4.78 is 12.1. The summed E-state index contributed by atoms with van der Waals surface area (Å²) in [6.45, 7) is 6.53. The van der Waals surface area contributed by atoms with Gasteiger partial charge in [-0.2, -0.15) is 5.10 Å². The number of nitrogens with one attached hydrogen (secondary N) is 1. The average Bonchev–Trinajstić information content (AvgIpc) is 2.98. The van der Waals surface area contributed by atoms with Crippen LogP contribution < -0.4 is 14.9 Å². The molecule has 6 nitrogen and oxygen atoms in total. The summed E-state index contributed by atoms with van der Waals surface area (Å²) in [6, 6.07) is 28.7. The van der Waals surface area contributed by atoms with Gasteiger partial charge < -0.3 is 14.6 Å². The van der Waals surface area contributed by atoms with E-state index < -0.39 is 11.5 Å². The van der Waals surface area contributed by atoms with Gasteiger partial charge in [-0.3, -0.25) is 4.79 Å². The maximum absolute atomic E-state index is 13.3. The Bertz CT molecular complexity index is 1420. The molecule has 0 spiro atoms. The molecular formula is C33H31ClN2O4. The van der Waals surface area contributed by atoms with Crippen LogP contribution in [-0.2, 0) is 23.4 Å². The summed E-state index contributed by atoms with van der Waals surface area (Å²) in [5.74, 6) is 0.481. The number of nitrogens with zero attached hydrogens (tertiary/aromatic N) is 1. The zero-order chi connectivity index (χ0) is 28.4. The first-order valence-electron chi connectivity index (χ1n) is 12.9. The molecule has 0 saturated carbocycles. The molecule has 0 saturated heterocycles. The van der Waals surface area contributed by atoms with Gasteiger partial charge in [0.1, 0.15) is 6.61 Å². The van der Waals surface area contributed by atoms with E-state index in [1.54, 1.807) is 60.7 Å². The molecule has 0 unspecified atom stereocenters.